The molecule has 1 amide bonds. The van der Waals surface area contributed by atoms with Gasteiger partial charge < -0.3 is 5.32 Å². The van der Waals surface area contributed by atoms with Crippen molar-refractivity contribution < 1.29 is 18.0 Å². The van der Waals surface area contributed by atoms with E-state index in [0.717, 1.165) is 23.8 Å². The summed E-state index contributed by atoms with van der Waals surface area (Å²) < 4.78 is 39.9. The van der Waals surface area contributed by atoms with Crippen LogP contribution in [0.5, 0.6) is 0 Å². The van der Waals surface area contributed by atoms with Gasteiger partial charge in [-0.05, 0) is 56.2 Å². The molecule has 1 aromatic carbocycles. The molecule has 4 rings (SSSR count). The van der Waals surface area contributed by atoms with Gasteiger partial charge in [-0.2, -0.15) is 18.2 Å². The van der Waals surface area contributed by atoms with Gasteiger partial charge in [-0.1, -0.05) is 24.3 Å². The molecule has 0 radical (unpaired) electrons. The maximum Gasteiger partial charge on any atom is 0.453 e. The van der Waals surface area contributed by atoms with Gasteiger partial charge in [0.25, 0.3) is 11.6 Å². The number of carbonyl (C=O) groups is 1. The number of hydrogen-bond donors (Lipinski definition) is 1. The maximum absolute atomic E-state index is 12.9. The second kappa shape index (κ2) is 8.28. The van der Waals surface area contributed by atoms with Crippen molar-refractivity contribution >= 4 is 11.7 Å². The minimum atomic E-state index is -4.63. The Kier molecular flexibility index (Phi) is 5.68. The number of alkyl halides is 3. The summed E-state index contributed by atoms with van der Waals surface area (Å²) in [4.78, 5) is 20.1. The van der Waals surface area contributed by atoms with Crippen LogP contribution in [0.1, 0.15) is 59.1 Å². The summed E-state index contributed by atoms with van der Waals surface area (Å²) in [5, 5.41) is 6.57. The monoisotopic (exact) mass is 431 g/mol. The molecule has 1 N–H and O–H groups in total. The first kappa shape index (κ1) is 21.3. The van der Waals surface area contributed by atoms with E-state index in [1.54, 1.807) is 13.8 Å². The lowest BCUT2D eigenvalue weighted by molar-refractivity contribution is -0.144. The Bertz CT molecular complexity index is 1120. The Labute approximate surface area is 177 Å². The van der Waals surface area contributed by atoms with Crippen LogP contribution in [0.2, 0.25) is 0 Å². The first-order valence-corrected chi connectivity index (χ1v) is 10.4. The maximum atomic E-state index is 12.9. The largest absolute Gasteiger partial charge is 0.453 e. The van der Waals surface area contributed by atoms with Crippen molar-refractivity contribution in [2.75, 3.05) is 6.54 Å². The van der Waals surface area contributed by atoms with Gasteiger partial charge in [0, 0.05) is 30.3 Å². The third-order valence-electron chi connectivity index (χ3n) is 5.94. The molecule has 1 unspecified atom stereocenters. The van der Waals surface area contributed by atoms with E-state index >= 15 is 0 Å². The molecule has 1 aliphatic rings. The fourth-order valence-corrected chi connectivity index (χ4v) is 4.32. The lowest BCUT2D eigenvalue weighted by atomic mass is 9.83. The topological polar surface area (TPSA) is 72.2 Å². The summed E-state index contributed by atoms with van der Waals surface area (Å²) in [6.07, 6.45) is -0.804. The fraction of sp³-hybridized carbons (Fsp3) is 0.455. The smallest absolute Gasteiger partial charge is 0.355 e. The highest BCUT2D eigenvalue weighted by atomic mass is 19.4. The number of nitrogens with zero attached hydrogens (tertiary/aromatic N) is 4. The number of carbonyl (C=O) groups excluding carboxylic acids is 1. The second-order valence-corrected chi connectivity index (χ2v) is 8.00. The average Bonchev–Trinajstić information content (AvgIpc) is 3.17. The van der Waals surface area contributed by atoms with Crippen LogP contribution in [0.15, 0.2) is 24.3 Å². The number of halogens is 3. The number of aromatic nitrogens is 4. The number of nitrogens with one attached hydrogen (secondary N) is 1. The lowest BCUT2D eigenvalue weighted by Crippen LogP contribution is -2.30. The molecular formula is C22H24F3N5O. The molecule has 2 heterocycles. The lowest BCUT2D eigenvalue weighted by Gasteiger charge is -2.25. The number of rotatable bonds is 5. The molecule has 1 aliphatic carbocycles. The van der Waals surface area contributed by atoms with Crippen LogP contribution in [0.25, 0.3) is 5.78 Å². The van der Waals surface area contributed by atoms with Gasteiger partial charge in [0.05, 0.1) is 0 Å². The SMILES string of the molecule is Cc1nc2nc(C(F)(F)F)nn2c(C)c1CCC(=O)NCC1CCCc2ccccc21. The number of amides is 1. The van der Waals surface area contributed by atoms with Gasteiger partial charge in [-0.25, -0.2) is 9.50 Å². The standard InChI is InChI=1S/C22H24F3N5O/c1-13-17(14(2)30-21(27-13)28-20(29-30)22(23,24)25)10-11-19(31)26-12-16-8-5-7-15-6-3-4-9-18(15)16/h3-4,6,9,16H,5,7-8,10-12H2,1-2H3,(H,26,31). The van der Waals surface area contributed by atoms with Gasteiger partial charge in [0.2, 0.25) is 5.91 Å². The summed E-state index contributed by atoms with van der Waals surface area (Å²) in [5.74, 6) is -1.08. The molecule has 0 saturated heterocycles. The predicted octanol–water partition coefficient (Wildman–Crippen LogP) is 3.93. The molecule has 9 heteroatoms. The zero-order valence-corrected chi connectivity index (χ0v) is 17.5. The highest BCUT2D eigenvalue weighted by Crippen LogP contribution is 2.31. The number of fused-ring (bicyclic) bond motifs is 2. The number of benzene rings is 1. The van der Waals surface area contributed by atoms with E-state index in [1.165, 1.54) is 11.1 Å². The Morgan fingerprint density at radius 3 is 2.77 bits per heavy atom. The van der Waals surface area contributed by atoms with Gasteiger partial charge in [-0.3, -0.25) is 4.79 Å². The van der Waals surface area contributed by atoms with Crippen LogP contribution in [-0.2, 0) is 23.8 Å². The summed E-state index contributed by atoms with van der Waals surface area (Å²) in [6, 6.07) is 8.35. The average molecular weight is 431 g/mol. The van der Waals surface area contributed by atoms with Crippen molar-refractivity contribution in [3.63, 3.8) is 0 Å². The number of aryl methyl sites for hydroxylation is 3. The summed E-state index contributed by atoms with van der Waals surface area (Å²) in [7, 11) is 0. The Morgan fingerprint density at radius 1 is 1.23 bits per heavy atom. The van der Waals surface area contributed by atoms with E-state index < -0.39 is 12.0 Å². The normalized spacial score (nSPS) is 16.4. The van der Waals surface area contributed by atoms with E-state index in [9.17, 15) is 18.0 Å². The molecule has 31 heavy (non-hydrogen) atoms. The fourth-order valence-electron chi connectivity index (χ4n) is 4.32. The zero-order chi connectivity index (χ0) is 22.2. The second-order valence-electron chi connectivity index (χ2n) is 8.00. The van der Waals surface area contributed by atoms with Crippen molar-refractivity contribution in [3.8, 4) is 0 Å². The van der Waals surface area contributed by atoms with E-state index in [1.807, 2.05) is 12.1 Å². The van der Waals surface area contributed by atoms with E-state index in [4.69, 9.17) is 0 Å². The molecule has 6 nitrogen and oxygen atoms in total. The number of hydrogen-bond acceptors (Lipinski definition) is 4. The molecule has 164 valence electrons. The van der Waals surface area contributed by atoms with Crippen molar-refractivity contribution in [1.29, 1.82) is 0 Å². The minimum absolute atomic E-state index is 0.0866. The third-order valence-corrected chi connectivity index (χ3v) is 5.94. The molecule has 0 bridgehead atoms. The Morgan fingerprint density at radius 2 is 2.00 bits per heavy atom. The molecule has 0 saturated carbocycles. The van der Waals surface area contributed by atoms with Crippen molar-refractivity contribution in [2.24, 2.45) is 0 Å². The molecule has 2 aromatic heterocycles. The predicted molar refractivity (Wildman–Crippen MR) is 109 cm³/mol. The first-order valence-electron chi connectivity index (χ1n) is 10.4. The Hall–Kier alpha value is -2.97. The molecule has 0 aliphatic heterocycles. The van der Waals surface area contributed by atoms with Crippen LogP contribution in [0, 0.1) is 13.8 Å². The highest BCUT2D eigenvalue weighted by molar-refractivity contribution is 5.76. The van der Waals surface area contributed by atoms with Crippen LogP contribution in [-0.4, -0.2) is 32.0 Å². The van der Waals surface area contributed by atoms with Gasteiger partial charge in [-0.15, -0.1) is 5.10 Å². The highest BCUT2D eigenvalue weighted by Gasteiger charge is 2.37. The summed E-state index contributed by atoms with van der Waals surface area (Å²) in [6.45, 7) is 3.97. The zero-order valence-electron chi connectivity index (χ0n) is 17.5. The summed E-state index contributed by atoms with van der Waals surface area (Å²) in [5.41, 5.74) is 4.44. The van der Waals surface area contributed by atoms with Crippen molar-refractivity contribution in [1.82, 2.24) is 24.9 Å². The summed E-state index contributed by atoms with van der Waals surface area (Å²) >= 11 is 0. The van der Waals surface area contributed by atoms with Crippen molar-refractivity contribution in [3.05, 3.63) is 58.2 Å². The van der Waals surface area contributed by atoms with Crippen LogP contribution >= 0.6 is 0 Å². The van der Waals surface area contributed by atoms with E-state index in [2.05, 4.69) is 32.5 Å². The third kappa shape index (κ3) is 4.40. The molecule has 0 fully saturated rings. The molecule has 0 spiro atoms. The first-order chi connectivity index (χ1) is 14.7. The van der Waals surface area contributed by atoms with Gasteiger partial charge in [0.1, 0.15) is 0 Å². The molecule has 3 aromatic rings. The van der Waals surface area contributed by atoms with Crippen LogP contribution in [0.3, 0.4) is 0 Å². The minimum Gasteiger partial charge on any atom is -0.355 e. The molecule has 1 atom stereocenters. The van der Waals surface area contributed by atoms with Gasteiger partial charge in [0.15, 0.2) is 0 Å². The Balaban J connectivity index is 1.42. The van der Waals surface area contributed by atoms with E-state index in [-0.39, 0.29) is 18.1 Å². The van der Waals surface area contributed by atoms with Crippen molar-refractivity contribution in [2.45, 2.75) is 58.0 Å². The van der Waals surface area contributed by atoms with Gasteiger partial charge >= 0.3 is 6.18 Å². The quantitative estimate of drug-likeness (QED) is 0.665. The van der Waals surface area contributed by atoms with Crippen LogP contribution < -0.4 is 5.32 Å². The van der Waals surface area contributed by atoms with E-state index in [0.29, 0.717) is 35.8 Å². The molecular weight excluding hydrogens is 407 g/mol. The van der Waals surface area contributed by atoms with Crippen LogP contribution in [0.4, 0.5) is 13.2 Å².